The summed E-state index contributed by atoms with van der Waals surface area (Å²) in [6.07, 6.45) is 2.42. The smallest absolute Gasteiger partial charge is 0.326 e. The van der Waals surface area contributed by atoms with Gasteiger partial charge in [0.2, 0.25) is 0 Å². The zero-order valence-corrected chi connectivity index (χ0v) is 11.3. The van der Waals surface area contributed by atoms with Crippen molar-refractivity contribution < 1.29 is 19.4 Å². The Hall–Kier alpha value is -2.09. The van der Waals surface area contributed by atoms with E-state index in [1.54, 1.807) is 7.11 Å². The SMILES string of the molecule is COCCCNC(=O)N1Cc2[nH]cnc2CC1C(=O)O. The lowest BCUT2D eigenvalue weighted by molar-refractivity contribution is -0.142. The molecule has 3 N–H and O–H groups in total. The van der Waals surface area contributed by atoms with E-state index < -0.39 is 12.0 Å². The second kappa shape index (κ2) is 6.38. The van der Waals surface area contributed by atoms with Crippen LogP contribution in [-0.4, -0.2) is 58.3 Å². The van der Waals surface area contributed by atoms with Gasteiger partial charge in [-0.05, 0) is 6.42 Å². The number of carbonyl (C=O) groups excluding carboxylic acids is 1. The van der Waals surface area contributed by atoms with Crippen LogP contribution >= 0.6 is 0 Å². The summed E-state index contributed by atoms with van der Waals surface area (Å²) < 4.78 is 4.89. The normalized spacial score (nSPS) is 17.6. The monoisotopic (exact) mass is 282 g/mol. The van der Waals surface area contributed by atoms with Crippen molar-refractivity contribution in [2.45, 2.75) is 25.4 Å². The number of amides is 2. The van der Waals surface area contributed by atoms with Crippen molar-refractivity contribution in [1.29, 1.82) is 0 Å². The maximum Gasteiger partial charge on any atom is 0.326 e. The molecule has 0 saturated carbocycles. The summed E-state index contributed by atoms with van der Waals surface area (Å²) in [5.41, 5.74) is 1.50. The highest BCUT2D eigenvalue weighted by atomic mass is 16.5. The van der Waals surface area contributed by atoms with Gasteiger partial charge in [-0.25, -0.2) is 14.6 Å². The molecule has 0 spiro atoms. The van der Waals surface area contributed by atoms with Gasteiger partial charge in [0.25, 0.3) is 0 Å². The van der Waals surface area contributed by atoms with Crippen LogP contribution in [0.15, 0.2) is 6.33 Å². The van der Waals surface area contributed by atoms with E-state index >= 15 is 0 Å². The van der Waals surface area contributed by atoms with Crippen molar-refractivity contribution in [2.75, 3.05) is 20.3 Å². The number of hydrogen-bond acceptors (Lipinski definition) is 4. The van der Waals surface area contributed by atoms with Crippen LogP contribution in [0, 0.1) is 0 Å². The van der Waals surface area contributed by atoms with Crippen LogP contribution in [0.2, 0.25) is 0 Å². The Morgan fingerprint density at radius 1 is 1.65 bits per heavy atom. The summed E-state index contributed by atoms with van der Waals surface area (Å²) in [6.45, 7) is 1.22. The fourth-order valence-electron chi connectivity index (χ4n) is 2.18. The van der Waals surface area contributed by atoms with E-state index in [0.29, 0.717) is 25.3 Å². The van der Waals surface area contributed by atoms with Crippen molar-refractivity contribution in [3.8, 4) is 0 Å². The summed E-state index contributed by atoms with van der Waals surface area (Å²) in [5, 5.41) is 12.0. The summed E-state index contributed by atoms with van der Waals surface area (Å²) in [4.78, 5) is 31.7. The quantitative estimate of drug-likeness (QED) is 0.657. The number of aromatic nitrogens is 2. The molecule has 0 bridgehead atoms. The number of fused-ring (bicyclic) bond motifs is 1. The number of imidazole rings is 1. The van der Waals surface area contributed by atoms with Gasteiger partial charge in [-0.3, -0.25) is 0 Å². The van der Waals surface area contributed by atoms with Crippen molar-refractivity contribution in [3.63, 3.8) is 0 Å². The van der Waals surface area contributed by atoms with Gasteiger partial charge in [0.05, 0.1) is 24.3 Å². The number of methoxy groups -OCH3 is 1. The molecule has 2 amide bonds. The van der Waals surface area contributed by atoms with Crippen LogP contribution in [0.25, 0.3) is 0 Å². The van der Waals surface area contributed by atoms with Crippen molar-refractivity contribution >= 4 is 12.0 Å². The van der Waals surface area contributed by atoms with Crippen LogP contribution in [0.3, 0.4) is 0 Å². The minimum Gasteiger partial charge on any atom is -0.480 e. The summed E-state index contributed by atoms with van der Waals surface area (Å²) >= 11 is 0. The molecule has 2 rings (SSSR count). The largest absolute Gasteiger partial charge is 0.480 e. The predicted molar refractivity (Wildman–Crippen MR) is 69.2 cm³/mol. The number of nitrogens with zero attached hydrogens (tertiary/aromatic N) is 2. The van der Waals surface area contributed by atoms with E-state index in [-0.39, 0.29) is 19.0 Å². The fraction of sp³-hybridized carbons (Fsp3) is 0.583. The number of aromatic amines is 1. The minimum absolute atomic E-state index is 0.222. The van der Waals surface area contributed by atoms with E-state index in [2.05, 4.69) is 15.3 Å². The van der Waals surface area contributed by atoms with Crippen LogP contribution in [0.5, 0.6) is 0 Å². The van der Waals surface area contributed by atoms with Crippen LogP contribution < -0.4 is 5.32 Å². The Kier molecular flexibility index (Phi) is 4.57. The highest BCUT2D eigenvalue weighted by Gasteiger charge is 2.35. The number of aliphatic carboxylic acids is 1. The predicted octanol–water partition coefficient (Wildman–Crippen LogP) is -0.0329. The number of carbonyl (C=O) groups is 2. The second-order valence-corrected chi connectivity index (χ2v) is 4.59. The molecule has 1 aliphatic heterocycles. The second-order valence-electron chi connectivity index (χ2n) is 4.59. The fourth-order valence-corrected chi connectivity index (χ4v) is 2.18. The summed E-state index contributed by atoms with van der Waals surface area (Å²) in [7, 11) is 1.59. The van der Waals surface area contributed by atoms with E-state index in [0.717, 1.165) is 5.69 Å². The Morgan fingerprint density at radius 2 is 2.45 bits per heavy atom. The molecule has 0 fully saturated rings. The van der Waals surface area contributed by atoms with Gasteiger partial charge in [-0.15, -0.1) is 0 Å². The first-order valence-electron chi connectivity index (χ1n) is 6.40. The van der Waals surface area contributed by atoms with Gasteiger partial charge in [0.15, 0.2) is 0 Å². The summed E-state index contributed by atoms with van der Waals surface area (Å²) in [6, 6.07) is -1.26. The topological polar surface area (TPSA) is 108 Å². The van der Waals surface area contributed by atoms with Gasteiger partial charge >= 0.3 is 12.0 Å². The molecule has 0 saturated heterocycles. The lowest BCUT2D eigenvalue weighted by atomic mass is 10.0. The van der Waals surface area contributed by atoms with Crippen molar-refractivity contribution in [1.82, 2.24) is 20.2 Å². The highest BCUT2D eigenvalue weighted by molar-refractivity contribution is 5.83. The number of urea groups is 1. The van der Waals surface area contributed by atoms with Crippen LogP contribution in [-0.2, 0) is 22.5 Å². The lowest BCUT2D eigenvalue weighted by Gasteiger charge is -2.32. The third-order valence-corrected chi connectivity index (χ3v) is 3.25. The number of hydrogen-bond donors (Lipinski definition) is 3. The molecular weight excluding hydrogens is 264 g/mol. The van der Waals surface area contributed by atoms with Crippen LogP contribution in [0.1, 0.15) is 17.8 Å². The summed E-state index contributed by atoms with van der Waals surface area (Å²) in [5.74, 6) is -1.02. The first-order valence-corrected chi connectivity index (χ1v) is 6.40. The van der Waals surface area contributed by atoms with E-state index in [1.807, 2.05) is 0 Å². The molecule has 0 radical (unpaired) electrons. The van der Waals surface area contributed by atoms with E-state index in [9.17, 15) is 14.7 Å². The number of ether oxygens (including phenoxy) is 1. The van der Waals surface area contributed by atoms with Gasteiger partial charge in [-0.1, -0.05) is 0 Å². The highest BCUT2D eigenvalue weighted by Crippen LogP contribution is 2.20. The Bertz CT molecular complexity index is 488. The molecule has 1 aromatic rings. The molecular formula is C12H18N4O4. The standard InChI is InChI=1S/C12H18N4O4/c1-20-4-2-3-13-12(19)16-6-9-8(14-7-15-9)5-10(16)11(17)18/h7,10H,2-6H2,1H3,(H,13,19)(H,14,15)(H,17,18). The van der Waals surface area contributed by atoms with Crippen molar-refractivity contribution in [3.05, 3.63) is 17.7 Å². The lowest BCUT2D eigenvalue weighted by Crippen LogP contribution is -2.52. The number of H-pyrrole nitrogens is 1. The zero-order chi connectivity index (χ0) is 14.5. The van der Waals surface area contributed by atoms with Crippen LogP contribution in [0.4, 0.5) is 4.79 Å². The van der Waals surface area contributed by atoms with Gasteiger partial charge in [0.1, 0.15) is 6.04 Å². The average Bonchev–Trinajstić information content (AvgIpc) is 2.89. The molecule has 1 unspecified atom stereocenters. The first kappa shape index (κ1) is 14.3. The molecule has 0 aromatic carbocycles. The molecule has 20 heavy (non-hydrogen) atoms. The van der Waals surface area contributed by atoms with Gasteiger partial charge < -0.3 is 25.0 Å². The number of rotatable bonds is 5. The van der Waals surface area contributed by atoms with Gasteiger partial charge in [-0.2, -0.15) is 0 Å². The van der Waals surface area contributed by atoms with E-state index in [4.69, 9.17) is 4.74 Å². The Morgan fingerprint density at radius 3 is 3.15 bits per heavy atom. The number of carboxylic acids is 1. The maximum absolute atomic E-state index is 12.1. The molecule has 1 aromatic heterocycles. The number of nitrogens with one attached hydrogen (secondary N) is 2. The molecule has 2 heterocycles. The first-order chi connectivity index (χ1) is 9.63. The number of carboxylic acid groups (broad SMARTS) is 1. The molecule has 8 heteroatoms. The molecule has 1 atom stereocenters. The Balaban J connectivity index is 2.01. The molecule has 0 aliphatic carbocycles. The molecule has 8 nitrogen and oxygen atoms in total. The average molecular weight is 282 g/mol. The zero-order valence-electron chi connectivity index (χ0n) is 11.3. The molecule has 1 aliphatic rings. The third kappa shape index (κ3) is 3.08. The van der Waals surface area contributed by atoms with E-state index in [1.165, 1.54) is 11.2 Å². The molecule has 110 valence electrons. The Labute approximate surface area is 116 Å². The minimum atomic E-state index is -1.02. The van der Waals surface area contributed by atoms with Gasteiger partial charge in [0, 0.05) is 26.7 Å². The third-order valence-electron chi connectivity index (χ3n) is 3.25. The van der Waals surface area contributed by atoms with Crippen molar-refractivity contribution in [2.24, 2.45) is 0 Å². The maximum atomic E-state index is 12.1.